The van der Waals surface area contributed by atoms with E-state index in [0.717, 1.165) is 17.1 Å². The molecule has 26 heavy (non-hydrogen) atoms. The number of nitrogens with zero attached hydrogens (tertiary/aromatic N) is 4. The van der Waals surface area contributed by atoms with Gasteiger partial charge >= 0.3 is 0 Å². The van der Waals surface area contributed by atoms with Crippen LogP contribution in [0.2, 0.25) is 0 Å². The first kappa shape index (κ1) is 17.9. The fourth-order valence-electron chi connectivity index (χ4n) is 2.20. The van der Waals surface area contributed by atoms with E-state index in [4.69, 9.17) is 4.52 Å². The first-order valence-electron chi connectivity index (χ1n) is 7.93. The standard InChI is InChI=1S/C17H18N6O2S/c1-11-8-12(2)19-16(18-11)22-17-21-15(25-23-17)10-26-9-14(24)20-13-6-4-3-5-7-13/h3-8H,9-10H2,1-2H3,(H,20,24)(H,18,19,22,23). The summed E-state index contributed by atoms with van der Waals surface area (Å²) in [7, 11) is 0. The van der Waals surface area contributed by atoms with Crippen molar-refractivity contribution < 1.29 is 9.32 Å². The van der Waals surface area contributed by atoms with Gasteiger partial charge in [0.2, 0.25) is 17.7 Å². The number of amides is 1. The quantitative estimate of drug-likeness (QED) is 0.653. The molecule has 8 nitrogen and oxygen atoms in total. The largest absolute Gasteiger partial charge is 0.336 e. The summed E-state index contributed by atoms with van der Waals surface area (Å²) in [5.74, 6) is 1.78. The van der Waals surface area contributed by atoms with Crippen molar-refractivity contribution in [2.75, 3.05) is 16.4 Å². The van der Waals surface area contributed by atoms with Gasteiger partial charge in [0.1, 0.15) is 0 Å². The molecule has 3 rings (SSSR count). The van der Waals surface area contributed by atoms with Gasteiger partial charge < -0.3 is 9.84 Å². The van der Waals surface area contributed by atoms with Gasteiger partial charge in [-0.25, -0.2) is 9.97 Å². The molecule has 0 atom stereocenters. The highest BCUT2D eigenvalue weighted by atomic mass is 32.2. The summed E-state index contributed by atoms with van der Waals surface area (Å²) < 4.78 is 5.17. The molecule has 0 fully saturated rings. The molecule has 1 aromatic carbocycles. The Bertz CT molecular complexity index is 864. The Morgan fingerprint density at radius 1 is 1.08 bits per heavy atom. The monoisotopic (exact) mass is 370 g/mol. The Morgan fingerprint density at radius 2 is 1.81 bits per heavy atom. The number of para-hydroxylation sites is 1. The molecule has 0 aliphatic heterocycles. The van der Waals surface area contributed by atoms with Gasteiger partial charge in [-0.15, -0.1) is 11.8 Å². The van der Waals surface area contributed by atoms with Crippen LogP contribution in [0, 0.1) is 13.8 Å². The SMILES string of the molecule is Cc1cc(C)nc(Nc2noc(CSCC(=O)Nc3ccccc3)n2)n1. The topological polar surface area (TPSA) is 106 Å². The van der Waals surface area contributed by atoms with Crippen molar-refractivity contribution in [1.29, 1.82) is 0 Å². The molecule has 0 radical (unpaired) electrons. The third-order valence-corrected chi connectivity index (χ3v) is 4.11. The molecule has 3 aromatic rings. The minimum Gasteiger partial charge on any atom is -0.336 e. The average Bonchev–Trinajstić information content (AvgIpc) is 3.02. The molecule has 9 heteroatoms. The van der Waals surface area contributed by atoms with Crippen LogP contribution in [-0.4, -0.2) is 31.8 Å². The van der Waals surface area contributed by atoms with Gasteiger partial charge in [-0.3, -0.25) is 10.1 Å². The van der Waals surface area contributed by atoms with Gasteiger partial charge in [-0.2, -0.15) is 4.98 Å². The second kappa shape index (κ2) is 8.43. The lowest BCUT2D eigenvalue weighted by molar-refractivity contribution is -0.113. The average molecular weight is 370 g/mol. The van der Waals surface area contributed by atoms with Crippen LogP contribution in [0.25, 0.3) is 0 Å². The van der Waals surface area contributed by atoms with E-state index < -0.39 is 0 Å². The zero-order valence-corrected chi connectivity index (χ0v) is 15.2. The summed E-state index contributed by atoms with van der Waals surface area (Å²) in [5, 5.41) is 9.58. The molecular formula is C17H18N6O2S. The van der Waals surface area contributed by atoms with Crippen molar-refractivity contribution in [2.24, 2.45) is 0 Å². The highest BCUT2D eigenvalue weighted by Crippen LogP contribution is 2.15. The van der Waals surface area contributed by atoms with Crippen LogP contribution in [-0.2, 0) is 10.5 Å². The van der Waals surface area contributed by atoms with Crippen LogP contribution >= 0.6 is 11.8 Å². The minimum atomic E-state index is -0.0808. The van der Waals surface area contributed by atoms with Gasteiger partial charge in [0.05, 0.1) is 11.5 Å². The Kier molecular flexibility index (Phi) is 5.80. The number of carbonyl (C=O) groups excluding carboxylic acids is 1. The number of anilines is 3. The van der Waals surface area contributed by atoms with Crippen LogP contribution in [0.4, 0.5) is 17.6 Å². The zero-order valence-electron chi connectivity index (χ0n) is 14.4. The van der Waals surface area contributed by atoms with Crippen LogP contribution in [0.5, 0.6) is 0 Å². The van der Waals surface area contributed by atoms with Gasteiger partial charge in [0.25, 0.3) is 5.95 Å². The molecule has 2 N–H and O–H groups in total. The Balaban J connectivity index is 1.47. The second-order valence-corrected chi connectivity index (χ2v) is 6.50. The van der Waals surface area contributed by atoms with Crippen LogP contribution in [0.1, 0.15) is 17.3 Å². The normalized spacial score (nSPS) is 10.5. The molecule has 0 aliphatic carbocycles. The van der Waals surface area contributed by atoms with Crippen molar-refractivity contribution in [1.82, 2.24) is 20.1 Å². The predicted octanol–water partition coefficient (Wildman–Crippen LogP) is 3.09. The number of hydrogen-bond acceptors (Lipinski definition) is 8. The first-order chi connectivity index (χ1) is 12.6. The summed E-state index contributed by atoms with van der Waals surface area (Å²) in [4.78, 5) is 24.6. The van der Waals surface area contributed by atoms with E-state index >= 15 is 0 Å². The molecule has 134 valence electrons. The van der Waals surface area contributed by atoms with E-state index in [2.05, 4.69) is 30.7 Å². The summed E-state index contributed by atoms with van der Waals surface area (Å²) in [6, 6.07) is 11.2. The molecule has 2 aromatic heterocycles. The van der Waals surface area contributed by atoms with Gasteiger partial charge in [-0.1, -0.05) is 18.2 Å². The fourth-order valence-corrected chi connectivity index (χ4v) is 2.85. The maximum atomic E-state index is 11.9. The minimum absolute atomic E-state index is 0.0808. The molecule has 0 saturated heterocycles. The summed E-state index contributed by atoms with van der Waals surface area (Å²) >= 11 is 1.39. The summed E-state index contributed by atoms with van der Waals surface area (Å²) in [5.41, 5.74) is 2.48. The first-order valence-corrected chi connectivity index (χ1v) is 9.08. The number of benzene rings is 1. The number of rotatable bonds is 7. The number of carbonyl (C=O) groups is 1. The molecule has 0 spiro atoms. The predicted molar refractivity (Wildman–Crippen MR) is 100 cm³/mol. The maximum Gasteiger partial charge on any atom is 0.270 e. The van der Waals surface area contributed by atoms with Crippen LogP contribution in [0.15, 0.2) is 40.9 Å². The lowest BCUT2D eigenvalue weighted by Gasteiger charge is -2.03. The number of thioether (sulfide) groups is 1. The van der Waals surface area contributed by atoms with Crippen molar-refractivity contribution in [3.63, 3.8) is 0 Å². The van der Waals surface area contributed by atoms with Gasteiger partial charge in [0, 0.05) is 17.1 Å². The molecule has 0 saturated carbocycles. The Morgan fingerprint density at radius 3 is 2.54 bits per heavy atom. The Hall–Kier alpha value is -2.94. The third-order valence-electron chi connectivity index (χ3n) is 3.19. The Labute approximate surface area is 154 Å². The molecule has 1 amide bonds. The number of aryl methyl sites for hydroxylation is 2. The molecular weight excluding hydrogens is 352 g/mol. The van der Waals surface area contributed by atoms with Crippen molar-refractivity contribution in [3.8, 4) is 0 Å². The molecule has 0 aliphatic rings. The molecule has 0 bridgehead atoms. The van der Waals surface area contributed by atoms with Crippen molar-refractivity contribution >= 4 is 35.3 Å². The van der Waals surface area contributed by atoms with E-state index in [1.165, 1.54) is 11.8 Å². The van der Waals surface area contributed by atoms with Crippen molar-refractivity contribution in [2.45, 2.75) is 19.6 Å². The van der Waals surface area contributed by atoms with E-state index in [1.54, 1.807) is 0 Å². The number of nitrogens with one attached hydrogen (secondary N) is 2. The van der Waals surface area contributed by atoms with E-state index in [1.807, 2.05) is 50.2 Å². The van der Waals surface area contributed by atoms with E-state index in [9.17, 15) is 4.79 Å². The van der Waals surface area contributed by atoms with Crippen LogP contribution in [0.3, 0.4) is 0 Å². The number of aromatic nitrogens is 4. The smallest absolute Gasteiger partial charge is 0.270 e. The lowest BCUT2D eigenvalue weighted by Crippen LogP contribution is -2.14. The summed E-state index contributed by atoms with van der Waals surface area (Å²) in [6.45, 7) is 3.78. The number of hydrogen-bond donors (Lipinski definition) is 2. The van der Waals surface area contributed by atoms with Gasteiger partial charge in [-0.05, 0) is 37.2 Å². The maximum absolute atomic E-state index is 11.9. The lowest BCUT2D eigenvalue weighted by atomic mass is 10.3. The van der Waals surface area contributed by atoms with Gasteiger partial charge in [0.15, 0.2) is 0 Å². The third kappa shape index (κ3) is 5.28. The molecule has 2 heterocycles. The zero-order chi connectivity index (χ0) is 18.4. The summed E-state index contributed by atoms with van der Waals surface area (Å²) in [6.07, 6.45) is 0. The van der Waals surface area contributed by atoms with E-state index in [0.29, 0.717) is 29.3 Å². The molecule has 0 unspecified atom stereocenters. The second-order valence-electron chi connectivity index (χ2n) is 5.52. The highest BCUT2D eigenvalue weighted by Gasteiger charge is 2.10. The fraction of sp³-hybridized carbons (Fsp3) is 0.235. The van der Waals surface area contributed by atoms with Crippen LogP contribution < -0.4 is 10.6 Å². The van der Waals surface area contributed by atoms with E-state index in [-0.39, 0.29) is 5.91 Å². The van der Waals surface area contributed by atoms with Crippen molar-refractivity contribution in [3.05, 3.63) is 53.7 Å². The highest BCUT2D eigenvalue weighted by molar-refractivity contribution is 7.99.